The molecule has 0 saturated carbocycles. The van der Waals surface area contributed by atoms with Crippen molar-refractivity contribution >= 4 is 43.8 Å². The molecule has 3 rings (SSSR count). The molecule has 10 heteroatoms. The van der Waals surface area contributed by atoms with E-state index in [1.165, 1.54) is 31.2 Å². The Morgan fingerprint density at radius 2 is 1.72 bits per heavy atom. The van der Waals surface area contributed by atoms with Crippen LogP contribution in [-0.2, 0) is 14.6 Å². The number of ketones is 1. The lowest BCUT2D eigenvalue weighted by Crippen LogP contribution is -2.14. The smallest absolute Gasteiger partial charge is 0.341 e. The van der Waals surface area contributed by atoms with Crippen LogP contribution in [0.2, 0.25) is 0 Å². The normalized spacial score (nSPS) is 11.2. The van der Waals surface area contributed by atoms with Crippen molar-refractivity contribution in [2.24, 2.45) is 0 Å². The van der Waals surface area contributed by atoms with E-state index in [0.717, 1.165) is 16.9 Å². The topological polar surface area (TPSA) is 120 Å². The Balaban J connectivity index is 1.91. The Labute approximate surface area is 189 Å². The zero-order chi connectivity index (χ0) is 23.6. The first-order valence-electron chi connectivity index (χ1n) is 9.60. The van der Waals surface area contributed by atoms with Gasteiger partial charge in [-0.3, -0.25) is 9.59 Å². The molecular formula is C22H21NO7S2. The lowest BCUT2D eigenvalue weighted by Gasteiger charge is -2.06. The number of ether oxygens (including phenoxy) is 1. The summed E-state index contributed by atoms with van der Waals surface area (Å²) in [4.78, 5) is 37.3. The summed E-state index contributed by atoms with van der Waals surface area (Å²) in [6.07, 6.45) is 0. The van der Waals surface area contributed by atoms with E-state index in [1.54, 1.807) is 26.0 Å². The molecule has 2 heterocycles. The summed E-state index contributed by atoms with van der Waals surface area (Å²) in [6.45, 7) is 6.54. The third-order valence-electron chi connectivity index (χ3n) is 4.57. The number of carbonyl (C=O) groups excluding carboxylic acids is 3. The van der Waals surface area contributed by atoms with Crippen molar-refractivity contribution in [1.29, 1.82) is 0 Å². The van der Waals surface area contributed by atoms with Gasteiger partial charge in [-0.25, -0.2) is 13.2 Å². The second-order valence-electron chi connectivity index (χ2n) is 6.93. The van der Waals surface area contributed by atoms with E-state index >= 15 is 0 Å². The first-order valence-corrected chi connectivity index (χ1v) is 11.9. The molecule has 0 spiro atoms. The highest BCUT2D eigenvalue weighted by Crippen LogP contribution is 2.34. The molecule has 2 aromatic heterocycles. The first kappa shape index (κ1) is 23.4. The fourth-order valence-electron chi connectivity index (χ4n) is 2.97. The summed E-state index contributed by atoms with van der Waals surface area (Å²) in [6, 6.07) is 8.65. The van der Waals surface area contributed by atoms with E-state index < -0.39 is 21.7 Å². The molecule has 168 valence electrons. The maximum absolute atomic E-state index is 12.8. The Morgan fingerprint density at radius 1 is 1.06 bits per heavy atom. The van der Waals surface area contributed by atoms with Crippen molar-refractivity contribution in [3.8, 4) is 0 Å². The van der Waals surface area contributed by atoms with Crippen LogP contribution in [0, 0.1) is 13.8 Å². The molecule has 0 unspecified atom stereocenters. The van der Waals surface area contributed by atoms with E-state index in [0.29, 0.717) is 10.4 Å². The number of carbonyl (C=O) groups is 3. The lowest BCUT2D eigenvalue weighted by atomic mass is 10.1. The molecule has 0 bridgehead atoms. The Kier molecular flexibility index (Phi) is 6.65. The molecule has 32 heavy (non-hydrogen) atoms. The molecule has 0 atom stereocenters. The number of sulfone groups is 1. The van der Waals surface area contributed by atoms with Crippen molar-refractivity contribution < 1.29 is 32.0 Å². The number of anilines is 1. The van der Waals surface area contributed by atoms with Gasteiger partial charge in [0.1, 0.15) is 5.00 Å². The summed E-state index contributed by atoms with van der Waals surface area (Å²) in [5.74, 6) is -1.97. The van der Waals surface area contributed by atoms with Crippen molar-refractivity contribution in [3.63, 3.8) is 0 Å². The van der Waals surface area contributed by atoms with Gasteiger partial charge in [-0.05, 0) is 57.5 Å². The van der Waals surface area contributed by atoms with Gasteiger partial charge in [-0.15, -0.1) is 11.3 Å². The van der Waals surface area contributed by atoms with Crippen LogP contribution in [0.3, 0.4) is 0 Å². The van der Waals surface area contributed by atoms with Crippen LogP contribution in [0.5, 0.6) is 0 Å². The SMILES string of the molecule is CCOC(=O)c1c(NC(=O)c2ccc(S(=O)(=O)c3ccc(C)cc3)o2)sc(C(C)=O)c1C. The summed E-state index contributed by atoms with van der Waals surface area (Å²) >= 11 is 0.940. The van der Waals surface area contributed by atoms with Gasteiger partial charge in [-0.2, -0.15) is 0 Å². The predicted octanol–water partition coefficient (Wildman–Crippen LogP) is 4.42. The quantitative estimate of drug-likeness (QED) is 0.397. The number of esters is 1. The van der Waals surface area contributed by atoms with Crippen molar-refractivity contribution in [1.82, 2.24) is 0 Å². The van der Waals surface area contributed by atoms with Crippen LogP contribution in [0.25, 0.3) is 0 Å². The summed E-state index contributed by atoms with van der Waals surface area (Å²) in [5.41, 5.74) is 1.38. The Bertz CT molecular complexity index is 1300. The zero-order valence-electron chi connectivity index (χ0n) is 17.8. The van der Waals surface area contributed by atoms with Crippen LogP contribution in [0.15, 0.2) is 50.8 Å². The minimum atomic E-state index is -3.95. The average molecular weight is 476 g/mol. The number of amides is 1. The number of furan rings is 1. The minimum absolute atomic E-state index is 0.0361. The second-order valence-corrected chi connectivity index (χ2v) is 9.83. The van der Waals surface area contributed by atoms with Crippen LogP contribution in [0.1, 0.15) is 55.6 Å². The number of aryl methyl sites for hydroxylation is 1. The van der Waals surface area contributed by atoms with Gasteiger partial charge in [0.2, 0.25) is 14.9 Å². The van der Waals surface area contributed by atoms with E-state index in [4.69, 9.17) is 9.15 Å². The fourth-order valence-corrected chi connectivity index (χ4v) is 5.23. The van der Waals surface area contributed by atoms with Gasteiger partial charge in [0, 0.05) is 0 Å². The number of Topliss-reactive ketones (excluding diaryl/α,β-unsaturated/α-hetero) is 1. The number of thiophene rings is 1. The van der Waals surface area contributed by atoms with Crippen molar-refractivity contribution in [3.05, 3.63) is 63.7 Å². The Hall–Kier alpha value is -3.24. The fraction of sp³-hybridized carbons (Fsp3) is 0.227. The van der Waals surface area contributed by atoms with Gasteiger partial charge < -0.3 is 14.5 Å². The third-order valence-corrected chi connectivity index (χ3v) is 7.52. The van der Waals surface area contributed by atoms with Crippen LogP contribution in [0.4, 0.5) is 5.00 Å². The van der Waals surface area contributed by atoms with E-state index in [1.807, 2.05) is 6.92 Å². The van der Waals surface area contributed by atoms with Gasteiger partial charge in [0.15, 0.2) is 11.5 Å². The molecule has 0 saturated heterocycles. The molecular weight excluding hydrogens is 454 g/mol. The number of rotatable bonds is 7. The van der Waals surface area contributed by atoms with Crippen LogP contribution in [-0.4, -0.2) is 32.7 Å². The number of benzene rings is 1. The average Bonchev–Trinajstić information content (AvgIpc) is 3.34. The van der Waals surface area contributed by atoms with E-state index in [9.17, 15) is 22.8 Å². The van der Waals surface area contributed by atoms with Crippen molar-refractivity contribution in [2.75, 3.05) is 11.9 Å². The molecule has 3 aromatic rings. The highest BCUT2D eigenvalue weighted by molar-refractivity contribution is 7.91. The molecule has 1 aromatic carbocycles. The first-order chi connectivity index (χ1) is 15.1. The molecule has 0 aliphatic carbocycles. The molecule has 0 aliphatic heterocycles. The standard InChI is InChI=1S/C22H21NO7S2/c1-5-29-22(26)18-13(3)19(14(4)24)31-21(18)23-20(25)16-10-11-17(30-16)32(27,28)15-8-6-12(2)7-9-15/h6-11H,5H2,1-4H3,(H,23,25). The summed E-state index contributed by atoms with van der Waals surface area (Å²) in [5, 5.41) is 2.27. The Morgan fingerprint density at radius 3 is 2.31 bits per heavy atom. The van der Waals surface area contributed by atoms with Gasteiger partial charge in [0.25, 0.3) is 5.91 Å². The molecule has 0 radical (unpaired) electrons. The van der Waals surface area contributed by atoms with Crippen LogP contribution < -0.4 is 5.32 Å². The number of hydrogen-bond acceptors (Lipinski definition) is 8. The zero-order valence-corrected chi connectivity index (χ0v) is 19.5. The predicted molar refractivity (Wildman–Crippen MR) is 118 cm³/mol. The summed E-state index contributed by atoms with van der Waals surface area (Å²) in [7, 11) is -3.95. The van der Waals surface area contributed by atoms with Crippen molar-refractivity contribution in [2.45, 2.75) is 37.7 Å². The molecule has 0 aliphatic rings. The number of nitrogens with one attached hydrogen (secondary N) is 1. The second kappa shape index (κ2) is 9.09. The van der Waals surface area contributed by atoms with Gasteiger partial charge >= 0.3 is 5.97 Å². The van der Waals surface area contributed by atoms with E-state index in [-0.39, 0.29) is 38.7 Å². The highest BCUT2D eigenvalue weighted by Gasteiger charge is 2.27. The molecule has 1 amide bonds. The van der Waals surface area contributed by atoms with E-state index in [2.05, 4.69) is 5.32 Å². The van der Waals surface area contributed by atoms with Gasteiger partial charge in [0.05, 0.1) is 21.9 Å². The third kappa shape index (κ3) is 4.51. The minimum Gasteiger partial charge on any atom is -0.462 e. The largest absolute Gasteiger partial charge is 0.462 e. The molecule has 1 N–H and O–H groups in total. The lowest BCUT2D eigenvalue weighted by molar-refractivity contribution is 0.0527. The number of hydrogen-bond donors (Lipinski definition) is 1. The van der Waals surface area contributed by atoms with Crippen LogP contribution >= 0.6 is 11.3 Å². The highest BCUT2D eigenvalue weighted by atomic mass is 32.2. The monoisotopic (exact) mass is 475 g/mol. The maximum atomic E-state index is 12.8. The maximum Gasteiger partial charge on any atom is 0.341 e. The molecule has 0 fully saturated rings. The van der Waals surface area contributed by atoms with Gasteiger partial charge in [-0.1, -0.05) is 17.7 Å². The molecule has 8 nitrogen and oxygen atoms in total. The summed E-state index contributed by atoms with van der Waals surface area (Å²) < 4.78 is 35.9.